The summed E-state index contributed by atoms with van der Waals surface area (Å²) >= 11 is 0. The minimum absolute atomic E-state index is 0.746. The van der Waals surface area contributed by atoms with Crippen LogP contribution >= 0.6 is 0 Å². The Kier molecular flexibility index (Phi) is 5.59. The Balaban J connectivity index is 1.28. The fraction of sp³-hybridized carbons (Fsp3) is 0.0455. The van der Waals surface area contributed by atoms with Crippen molar-refractivity contribution in [2.45, 2.75) is 13.3 Å². The number of furan rings is 1. The Morgan fingerprint density at radius 2 is 1.29 bits per heavy atom. The number of anilines is 1. The van der Waals surface area contributed by atoms with Gasteiger partial charge < -0.3 is 19.3 Å². The zero-order valence-electron chi connectivity index (χ0n) is 26.3. The largest absolute Gasteiger partial charge is 0.455 e. The molecule has 0 amide bonds. The van der Waals surface area contributed by atoms with Gasteiger partial charge in [-0.15, -0.1) is 0 Å². The van der Waals surface area contributed by atoms with Crippen LogP contribution in [-0.4, -0.2) is 9.13 Å². The van der Waals surface area contributed by atoms with Gasteiger partial charge in [-0.2, -0.15) is 0 Å². The zero-order chi connectivity index (χ0) is 31.9. The van der Waals surface area contributed by atoms with Crippen LogP contribution in [0, 0.1) is 0 Å². The summed E-state index contributed by atoms with van der Waals surface area (Å²) < 4.78 is 11.8. The lowest BCUT2D eigenvalue weighted by Crippen LogP contribution is -2.03. The standard InChI is InChI=1S/C44H29N3O/c1-2-27-12-10-21-39(47-36-19-8-6-15-30(36)35-26-28(45)22-24-38(35)47)41(27)34-18-11-17-31-32-23-25-40-42(44(32)48-43(31)34)33-16-7-9-20-37(33)46(40)29-13-4-3-5-14-29/h3-9,11-20,22-26H,2,45H2,1H3. The quantitative estimate of drug-likeness (QED) is 0.158. The average Bonchev–Trinajstić information content (AvgIpc) is 3.79. The first-order chi connectivity index (χ1) is 23.7. The molecule has 9 aromatic rings. The van der Waals surface area contributed by atoms with Crippen LogP contribution in [0.25, 0.3) is 82.5 Å². The van der Waals surface area contributed by atoms with Gasteiger partial charge in [-0.25, -0.2) is 0 Å². The van der Waals surface area contributed by atoms with Crippen LogP contribution in [0.1, 0.15) is 18.9 Å². The molecule has 0 spiro atoms. The predicted molar refractivity (Wildman–Crippen MR) is 200 cm³/mol. The van der Waals surface area contributed by atoms with Crippen molar-refractivity contribution in [3.05, 3.63) is 156 Å². The highest BCUT2D eigenvalue weighted by Crippen LogP contribution is 2.45. The summed E-state index contributed by atoms with van der Waals surface area (Å²) in [4.78, 5) is 0. The van der Waals surface area contributed by atoms with Crippen LogP contribution in [0.5, 0.6) is 0 Å². The Hall–Kier alpha value is -6.44. The summed E-state index contributed by atoms with van der Waals surface area (Å²) in [6.45, 7) is 2.20. The number of benzene rings is 6. The average molecular weight is 616 g/mol. The van der Waals surface area contributed by atoms with Crippen molar-refractivity contribution < 1.29 is 4.42 Å². The summed E-state index contributed by atoms with van der Waals surface area (Å²) in [5, 5.41) is 6.76. The van der Waals surface area contributed by atoms with Gasteiger partial charge in [0.05, 0.1) is 27.5 Å². The van der Waals surface area contributed by atoms with Crippen LogP contribution in [0.3, 0.4) is 0 Å². The molecule has 0 aliphatic heterocycles. The third kappa shape index (κ3) is 3.61. The number of hydrogen-bond donors (Lipinski definition) is 1. The SMILES string of the molecule is CCC1=C(c2cccc3c2oc2c3ccc3c2c2ccccc2n3-c2ccccc2)C(n2c3ccccc3c3cc(N)ccc32)=C=C=C1. The maximum atomic E-state index is 7.11. The van der Waals surface area contributed by atoms with E-state index in [2.05, 4.69) is 155 Å². The number of allylic oxidation sites excluding steroid dienone is 4. The van der Waals surface area contributed by atoms with Crippen LogP contribution in [-0.2, 0) is 0 Å². The Bertz CT molecular complexity index is 2950. The van der Waals surface area contributed by atoms with Gasteiger partial charge in [-0.1, -0.05) is 85.5 Å². The molecule has 3 heterocycles. The molecular formula is C44H29N3O. The predicted octanol–water partition coefficient (Wildman–Crippen LogP) is 11.4. The van der Waals surface area contributed by atoms with E-state index >= 15 is 0 Å². The normalized spacial score (nSPS) is 13.3. The first kappa shape index (κ1) is 26.7. The molecule has 226 valence electrons. The topological polar surface area (TPSA) is 49.0 Å². The summed E-state index contributed by atoms with van der Waals surface area (Å²) in [5.74, 6) is 0. The van der Waals surface area contributed by atoms with Gasteiger partial charge in [0.15, 0.2) is 0 Å². The summed E-state index contributed by atoms with van der Waals surface area (Å²) in [6, 6.07) is 44.8. The number of nitrogen functional groups attached to an aromatic ring is 1. The summed E-state index contributed by atoms with van der Waals surface area (Å²) in [5.41, 5.74) is 25.6. The number of aromatic nitrogens is 2. The fourth-order valence-corrected chi connectivity index (χ4v) is 7.82. The second-order valence-corrected chi connectivity index (χ2v) is 12.5. The molecule has 0 unspecified atom stereocenters. The van der Waals surface area contributed by atoms with E-state index in [1.165, 1.54) is 11.0 Å². The van der Waals surface area contributed by atoms with Crippen molar-refractivity contribution in [1.82, 2.24) is 9.13 Å². The number of para-hydroxylation sites is 4. The number of hydrogen-bond acceptors (Lipinski definition) is 2. The smallest absolute Gasteiger partial charge is 0.145 e. The molecule has 0 radical (unpaired) electrons. The van der Waals surface area contributed by atoms with Gasteiger partial charge in [0.25, 0.3) is 0 Å². The number of nitrogens with two attached hydrogens (primary N) is 1. The van der Waals surface area contributed by atoms with E-state index in [0.717, 1.165) is 94.8 Å². The molecule has 1 aliphatic rings. The van der Waals surface area contributed by atoms with Gasteiger partial charge >= 0.3 is 0 Å². The minimum Gasteiger partial charge on any atom is -0.455 e. The van der Waals surface area contributed by atoms with Gasteiger partial charge in [0, 0.05) is 49.4 Å². The van der Waals surface area contributed by atoms with E-state index in [0.29, 0.717) is 0 Å². The molecule has 4 heteroatoms. The van der Waals surface area contributed by atoms with E-state index < -0.39 is 0 Å². The van der Waals surface area contributed by atoms with E-state index in [4.69, 9.17) is 10.2 Å². The Morgan fingerprint density at radius 1 is 0.604 bits per heavy atom. The highest BCUT2D eigenvalue weighted by atomic mass is 16.3. The monoisotopic (exact) mass is 615 g/mol. The summed E-state index contributed by atoms with van der Waals surface area (Å²) in [6.07, 6.45) is 2.90. The van der Waals surface area contributed by atoms with E-state index in [-0.39, 0.29) is 0 Å². The third-order valence-electron chi connectivity index (χ3n) is 9.88. The second kappa shape index (κ2) is 10.0. The molecule has 48 heavy (non-hydrogen) atoms. The molecule has 6 aromatic carbocycles. The lowest BCUT2D eigenvalue weighted by Gasteiger charge is -2.19. The van der Waals surface area contributed by atoms with Gasteiger partial charge in [-0.05, 0) is 78.4 Å². The Morgan fingerprint density at radius 3 is 2.12 bits per heavy atom. The minimum atomic E-state index is 0.746. The Labute approximate surface area is 276 Å². The number of nitrogens with zero attached hydrogens (tertiary/aromatic N) is 2. The van der Waals surface area contributed by atoms with Crippen LogP contribution < -0.4 is 5.73 Å². The van der Waals surface area contributed by atoms with Crippen LogP contribution in [0.15, 0.2) is 155 Å². The molecule has 0 saturated carbocycles. The first-order valence-corrected chi connectivity index (χ1v) is 16.4. The van der Waals surface area contributed by atoms with E-state index in [1.54, 1.807) is 0 Å². The fourth-order valence-electron chi connectivity index (χ4n) is 7.82. The van der Waals surface area contributed by atoms with Gasteiger partial charge in [-0.3, -0.25) is 0 Å². The van der Waals surface area contributed by atoms with Crippen molar-refractivity contribution in [2.75, 3.05) is 5.73 Å². The molecule has 3 aromatic heterocycles. The highest BCUT2D eigenvalue weighted by molar-refractivity contribution is 6.25. The van der Waals surface area contributed by atoms with E-state index in [9.17, 15) is 0 Å². The maximum Gasteiger partial charge on any atom is 0.145 e. The maximum absolute atomic E-state index is 7.11. The number of fused-ring (bicyclic) bond motifs is 10. The molecule has 0 bridgehead atoms. The van der Waals surface area contributed by atoms with Crippen molar-refractivity contribution in [3.8, 4) is 5.69 Å². The first-order valence-electron chi connectivity index (χ1n) is 16.4. The second-order valence-electron chi connectivity index (χ2n) is 12.5. The lowest BCUT2D eigenvalue weighted by molar-refractivity contribution is 0.671. The molecule has 4 nitrogen and oxygen atoms in total. The van der Waals surface area contributed by atoms with Crippen LogP contribution in [0.2, 0.25) is 0 Å². The molecule has 2 N–H and O–H groups in total. The number of rotatable bonds is 4. The van der Waals surface area contributed by atoms with E-state index in [1.807, 2.05) is 6.07 Å². The van der Waals surface area contributed by atoms with Crippen molar-refractivity contribution in [3.63, 3.8) is 0 Å². The van der Waals surface area contributed by atoms with Crippen molar-refractivity contribution in [2.24, 2.45) is 0 Å². The molecule has 1 aliphatic carbocycles. The van der Waals surface area contributed by atoms with Crippen molar-refractivity contribution in [1.29, 1.82) is 0 Å². The van der Waals surface area contributed by atoms with Crippen molar-refractivity contribution >= 4 is 82.5 Å². The molecule has 0 saturated heterocycles. The third-order valence-corrected chi connectivity index (χ3v) is 9.88. The molecular weight excluding hydrogens is 587 g/mol. The molecule has 0 atom stereocenters. The van der Waals surface area contributed by atoms with Gasteiger partial charge in [0.2, 0.25) is 0 Å². The summed E-state index contributed by atoms with van der Waals surface area (Å²) in [7, 11) is 0. The molecule has 0 fully saturated rings. The zero-order valence-corrected chi connectivity index (χ0v) is 26.3. The lowest BCUT2D eigenvalue weighted by atomic mass is 9.92. The molecule has 10 rings (SSSR count). The van der Waals surface area contributed by atoms with Crippen LogP contribution in [0.4, 0.5) is 5.69 Å². The van der Waals surface area contributed by atoms with Gasteiger partial charge in [0.1, 0.15) is 16.9 Å². The highest BCUT2D eigenvalue weighted by Gasteiger charge is 2.25.